The summed E-state index contributed by atoms with van der Waals surface area (Å²) in [7, 11) is -2.44. The van der Waals surface area contributed by atoms with Gasteiger partial charge in [0.05, 0.1) is 28.7 Å². The summed E-state index contributed by atoms with van der Waals surface area (Å²) >= 11 is 0. The Balaban J connectivity index is 1.67. The topological polar surface area (TPSA) is 85.2 Å². The molecule has 176 valence electrons. The second-order valence-electron chi connectivity index (χ2n) is 8.57. The molecule has 2 aromatic heterocycles. The van der Waals surface area contributed by atoms with Gasteiger partial charge in [0.15, 0.2) is 0 Å². The third-order valence-corrected chi connectivity index (χ3v) is 7.92. The van der Waals surface area contributed by atoms with Crippen molar-refractivity contribution in [1.82, 2.24) is 18.8 Å². The molecule has 0 N–H and O–H groups in total. The highest BCUT2D eigenvalue weighted by Gasteiger charge is 2.26. The van der Waals surface area contributed by atoms with Gasteiger partial charge in [-0.1, -0.05) is 48.0 Å². The van der Waals surface area contributed by atoms with E-state index in [0.717, 1.165) is 16.5 Å². The Bertz CT molecular complexity index is 1760. The van der Waals surface area contributed by atoms with Gasteiger partial charge in [-0.2, -0.15) is 4.31 Å². The number of para-hydroxylation sites is 2. The number of hydrogen-bond acceptors (Lipinski definition) is 5. The third-order valence-electron chi connectivity index (χ3n) is 6.09. The summed E-state index contributed by atoms with van der Waals surface area (Å²) in [5.41, 5.74) is 3.32. The van der Waals surface area contributed by atoms with Gasteiger partial charge in [-0.3, -0.25) is 14.3 Å². The smallest absolute Gasteiger partial charge is 0.266 e. The van der Waals surface area contributed by atoms with E-state index in [2.05, 4.69) is 4.98 Å². The first-order valence-electron chi connectivity index (χ1n) is 11.2. The van der Waals surface area contributed by atoms with Crippen LogP contribution < -0.4 is 5.56 Å². The first-order chi connectivity index (χ1) is 16.8. The fourth-order valence-electron chi connectivity index (χ4n) is 4.33. The number of sulfonamides is 1. The molecule has 0 unspecified atom stereocenters. The number of rotatable bonds is 5. The summed E-state index contributed by atoms with van der Waals surface area (Å²) in [6.07, 6.45) is 1.57. The molecule has 2 heterocycles. The molecular formula is C27H24N4O3S. The highest BCUT2D eigenvalue weighted by molar-refractivity contribution is 7.89. The van der Waals surface area contributed by atoms with Crippen LogP contribution in [0.3, 0.4) is 0 Å². The zero-order chi connectivity index (χ0) is 24.7. The first kappa shape index (κ1) is 22.9. The van der Waals surface area contributed by atoms with Crippen LogP contribution in [0.1, 0.15) is 17.0 Å². The van der Waals surface area contributed by atoms with Gasteiger partial charge in [-0.15, -0.1) is 0 Å². The van der Waals surface area contributed by atoms with E-state index in [1.54, 1.807) is 42.6 Å². The third kappa shape index (κ3) is 4.00. The summed E-state index contributed by atoms with van der Waals surface area (Å²) in [6.45, 7) is 3.81. The van der Waals surface area contributed by atoms with Crippen LogP contribution >= 0.6 is 0 Å². The molecule has 0 spiro atoms. The lowest BCUT2D eigenvalue weighted by atomic mass is 10.1. The normalized spacial score (nSPS) is 12.0. The highest BCUT2D eigenvalue weighted by Crippen LogP contribution is 2.25. The molecule has 0 atom stereocenters. The van der Waals surface area contributed by atoms with Crippen LogP contribution in [0.4, 0.5) is 0 Å². The largest absolute Gasteiger partial charge is 0.268 e. The Kier molecular flexibility index (Phi) is 5.70. The SMILES string of the molecule is Cc1ccc(-n2c(CN(C)S(=O)(=O)c3cccc4cccnc34)nc3ccccc3c2=O)c(C)c1. The quantitative estimate of drug-likeness (QED) is 0.370. The lowest BCUT2D eigenvalue weighted by molar-refractivity contribution is 0.452. The van der Waals surface area contributed by atoms with Crippen LogP contribution in [0.5, 0.6) is 0 Å². The maximum absolute atomic E-state index is 13.6. The number of hydrogen-bond donors (Lipinski definition) is 0. The van der Waals surface area contributed by atoms with Gasteiger partial charge in [0.2, 0.25) is 10.0 Å². The Morgan fingerprint density at radius 1 is 0.943 bits per heavy atom. The van der Waals surface area contributed by atoms with Gasteiger partial charge < -0.3 is 0 Å². The molecule has 8 heteroatoms. The molecule has 0 bridgehead atoms. The van der Waals surface area contributed by atoms with Crippen molar-refractivity contribution in [1.29, 1.82) is 0 Å². The van der Waals surface area contributed by atoms with Gasteiger partial charge in [0.25, 0.3) is 5.56 Å². The Labute approximate surface area is 203 Å². The standard InChI is InChI=1S/C27H24N4O3S/c1-18-13-14-23(19(2)16-18)31-25(29-22-11-5-4-10-21(22)27(31)32)17-30(3)35(33,34)24-12-6-8-20-9-7-15-28-26(20)24/h4-16H,17H2,1-3H3. The fraction of sp³-hybridized carbons (Fsp3) is 0.148. The number of aromatic nitrogens is 3. The zero-order valence-electron chi connectivity index (χ0n) is 19.6. The molecule has 0 fully saturated rings. The first-order valence-corrected chi connectivity index (χ1v) is 12.6. The van der Waals surface area contributed by atoms with Crippen LogP contribution in [-0.2, 0) is 16.6 Å². The lowest BCUT2D eigenvalue weighted by Gasteiger charge is -2.21. The highest BCUT2D eigenvalue weighted by atomic mass is 32.2. The van der Waals surface area contributed by atoms with Gasteiger partial charge in [0.1, 0.15) is 10.7 Å². The fourth-order valence-corrected chi connectivity index (χ4v) is 5.61. The monoisotopic (exact) mass is 484 g/mol. The lowest BCUT2D eigenvalue weighted by Crippen LogP contribution is -2.32. The Morgan fingerprint density at radius 2 is 1.71 bits per heavy atom. The van der Waals surface area contributed by atoms with Crippen molar-refractivity contribution >= 4 is 31.8 Å². The molecule has 0 aliphatic carbocycles. The van der Waals surface area contributed by atoms with Gasteiger partial charge in [-0.25, -0.2) is 13.4 Å². The predicted octanol–water partition coefficient (Wildman–Crippen LogP) is 4.37. The van der Waals surface area contributed by atoms with E-state index in [9.17, 15) is 13.2 Å². The van der Waals surface area contributed by atoms with Crippen LogP contribution in [0.25, 0.3) is 27.5 Å². The van der Waals surface area contributed by atoms with E-state index in [1.165, 1.54) is 15.9 Å². The molecule has 0 aliphatic heterocycles. The van der Waals surface area contributed by atoms with Crippen molar-refractivity contribution in [2.75, 3.05) is 7.05 Å². The second-order valence-corrected chi connectivity index (χ2v) is 10.6. The Hall–Kier alpha value is -3.88. The van der Waals surface area contributed by atoms with Crippen LogP contribution in [-0.4, -0.2) is 34.3 Å². The van der Waals surface area contributed by atoms with Crippen molar-refractivity contribution in [3.63, 3.8) is 0 Å². The summed E-state index contributed by atoms with van der Waals surface area (Å²) in [4.78, 5) is 22.7. The molecule has 0 radical (unpaired) electrons. The molecule has 5 aromatic rings. The van der Waals surface area contributed by atoms with Gasteiger partial charge in [-0.05, 0) is 49.7 Å². The van der Waals surface area contributed by atoms with Crippen molar-refractivity contribution in [2.24, 2.45) is 0 Å². The van der Waals surface area contributed by atoms with E-state index < -0.39 is 10.0 Å². The molecular weight excluding hydrogens is 460 g/mol. The van der Waals surface area contributed by atoms with Gasteiger partial charge >= 0.3 is 0 Å². The maximum Gasteiger partial charge on any atom is 0.266 e. The average Bonchev–Trinajstić information content (AvgIpc) is 2.84. The van der Waals surface area contributed by atoms with Gasteiger partial charge in [0, 0.05) is 18.6 Å². The van der Waals surface area contributed by atoms with E-state index in [-0.39, 0.29) is 17.0 Å². The number of benzene rings is 3. The number of nitrogens with zero attached hydrogens (tertiary/aromatic N) is 4. The summed E-state index contributed by atoms with van der Waals surface area (Å²) in [5, 5.41) is 1.21. The predicted molar refractivity (Wildman–Crippen MR) is 137 cm³/mol. The molecule has 7 nitrogen and oxygen atoms in total. The molecule has 0 amide bonds. The summed E-state index contributed by atoms with van der Waals surface area (Å²) in [5.74, 6) is 0.333. The average molecular weight is 485 g/mol. The molecule has 3 aromatic carbocycles. The summed E-state index contributed by atoms with van der Waals surface area (Å²) < 4.78 is 30.0. The minimum Gasteiger partial charge on any atom is -0.268 e. The number of fused-ring (bicyclic) bond motifs is 2. The molecule has 0 aliphatic rings. The minimum absolute atomic E-state index is 0.0983. The zero-order valence-corrected chi connectivity index (χ0v) is 20.5. The minimum atomic E-state index is -3.93. The molecule has 5 rings (SSSR count). The van der Waals surface area contributed by atoms with Crippen molar-refractivity contribution in [3.05, 3.63) is 106 Å². The van der Waals surface area contributed by atoms with Crippen LogP contribution in [0.15, 0.2) is 88.7 Å². The van der Waals surface area contributed by atoms with Crippen molar-refractivity contribution in [2.45, 2.75) is 25.3 Å². The van der Waals surface area contributed by atoms with Crippen molar-refractivity contribution in [3.8, 4) is 5.69 Å². The van der Waals surface area contributed by atoms with Crippen LogP contribution in [0, 0.1) is 13.8 Å². The van der Waals surface area contributed by atoms with E-state index >= 15 is 0 Å². The Morgan fingerprint density at radius 3 is 2.51 bits per heavy atom. The maximum atomic E-state index is 13.6. The van der Waals surface area contributed by atoms with E-state index in [0.29, 0.717) is 27.9 Å². The second kappa shape index (κ2) is 8.72. The van der Waals surface area contributed by atoms with E-state index in [1.807, 2.05) is 50.2 Å². The van der Waals surface area contributed by atoms with E-state index in [4.69, 9.17) is 4.98 Å². The number of pyridine rings is 1. The van der Waals surface area contributed by atoms with Crippen molar-refractivity contribution < 1.29 is 8.42 Å². The number of aryl methyl sites for hydroxylation is 2. The summed E-state index contributed by atoms with van der Waals surface area (Å²) in [6, 6.07) is 21.5. The molecule has 0 saturated carbocycles. The molecule has 0 saturated heterocycles. The van der Waals surface area contributed by atoms with Crippen LogP contribution in [0.2, 0.25) is 0 Å². The molecule has 35 heavy (non-hydrogen) atoms.